The molecule has 0 atom stereocenters. The highest BCUT2D eigenvalue weighted by Gasteiger charge is 2.08. The van der Waals surface area contributed by atoms with Crippen LogP contribution in [0.1, 0.15) is 31.7 Å². The summed E-state index contributed by atoms with van der Waals surface area (Å²) in [5, 5.41) is 10.7. The van der Waals surface area contributed by atoms with Gasteiger partial charge in [-0.3, -0.25) is 9.48 Å². The van der Waals surface area contributed by atoms with Crippen molar-refractivity contribution < 1.29 is 9.32 Å². The highest BCUT2D eigenvalue weighted by molar-refractivity contribution is 5.75. The standard InChI is InChI=1S/C13H19N5O2/c1-10(2)5-11-6-12(20-17-11)7-15-13(19)3-4-18-9-14-8-16-18/h6,8-10H,3-5,7H2,1-2H3,(H,15,19). The van der Waals surface area contributed by atoms with Gasteiger partial charge in [0.2, 0.25) is 5.91 Å². The highest BCUT2D eigenvalue weighted by Crippen LogP contribution is 2.08. The van der Waals surface area contributed by atoms with Crippen molar-refractivity contribution >= 4 is 5.91 Å². The maximum Gasteiger partial charge on any atom is 0.222 e. The van der Waals surface area contributed by atoms with Gasteiger partial charge in [-0.25, -0.2) is 4.98 Å². The van der Waals surface area contributed by atoms with Crippen LogP contribution in [0.4, 0.5) is 0 Å². The second-order valence-corrected chi connectivity index (χ2v) is 5.07. The van der Waals surface area contributed by atoms with E-state index in [1.165, 1.54) is 6.33 Å². The van der Waals surface area contributed by atoms with E-state index in [1.807, 2.05) is 6.07 Å². The molecule has 2 heterocycles. The van der Waals surface area contributed by atoms with Crippen molar-refractivity contribution in [2.24, 2.45) is 5.92 Å². The fourth-order valence-corrected chi connectivity index (χ4v) is 1.79. The lowest BCUT2D eigenvalue weighted by Crippen LogP contribution is -2.23. The minimum absolute atomic E-state index is 0.0534. The second-order valence-electron chi connectivity index (χ2n) is 5.07. The summed E-state index contributed by atoms with van der Waals surface area (Å²) in [7, 11) is 0. The van der Waals surface area contributed by atoms with Crippen molar-refractivity contribution in [1.82, 2.24) is 25.2 Å². The number of hydrogen-bond acceptors (Lipinski definition) is 5. The highest BCUT2D eigenvalue weighted by atomic mass is 16.5. The first-order valence-corrected chi connectivity index (χ1v) is 6.67. The maximum atomic E-state index is 11.7. The minimum Gasteiger partial charge on any atom is -0.359 e. The van der Waals surface area contributed by atoms with Crippen molar-refractivity contribution in [3.63, 3.8) is 0 Å². The minimum atomic E-state index is -0.0534. The zero-order valence-electron chi connectivity index (χ0n) is 11.7. The molecule has 2 aromatic heterocycles. The van der Waals surface area contributed by atoms with Gasteiger partial charge in [0.15, 0.2) is 5.76 Å². The molecule has 2 aromatic rings. The molecule has 0 fully saturated rings. The van der Waals surface area contributed by atoms with E-state index in [2.05, 4.69) is 34.4 Å². The van der Waals surface area contributed by atoms with E-state index in [0.717, 1.165) is 12.1 Å². The van der Waals surface area contributed by atoms with Crippen LogP contribution < -0.4 is 5.32 Å². The van der Waals surface area contributed by atoms with Crippen LogP contribution in [0, 0.1) is 5.92 Å². The maximum absolute atomic E-state index is 11.7. The molecule has 0 aromatic carbocycles. The van der Waals surface area contributed by atoms with Gasteiger partial charge in [-0.2, -0.15) is 5.10 Å². The van der Waals surface area contributed by atoms with Crippen molar-refractivity contribution in [2.45, 2.75) is 39.8 Å². The average molecular weight is 277 g/mol. The van der Waals surface area contributed by atoms with Crippen molar-refractivity contribution in [3.8, 4) is 0 Å². The number of rotatable bonds is 7. The number of carbonyl (C=O) groups excluding carboxylic acids is 1. The largest absolute Gasteiger partial charge is 0.359 e. The van der Waals surface area contributed by atoms with Gasteiger partial charge >= 0.3 is 0 Å². The normalized spacial score (nSPS) is 10.9. The average Bonchev–Trinajstić information content (AvgIpc) is 3.04. The third-order valence-electron chi connectivity index (χ3n) is 2.72. The Morgan fingerprint density at radius 3 is 3.05 bits per heavy atom. The topological polar surface area (TPSA) is 85.8 Å². The van der Waals surface area contributed by atoms with Gasteiger partial charge in [0.25, 0.3) is 0 Å². The molecule has 2 rings (SSSR count). The van der Waals surface area contributed by atoms with Crippen molar-refractivity contribution in [3.05, 3.63) is 30.2 Å². The molecule has 0 saturated carbocycles. The molecular weight excluding hydrogens is 258 g/mol. The van der Waals surface area contributed by atoms with E-state index in [9.17, 15) is 4.79 Å². The SMILES string of the molecule is CC(C)Cc1cc(CNC(=O)CCn2cncn2)on1. The van der Waals surface area contributed by atoms with Crippen LogP contribution in [0.15, 0.2) is 23.2 Å². The van der Waals surface area contributed by atoms with E-state index >= 15 is 0 Å². The van der Waals surface area contributed by atoms with Gasteiger partial charge in [0.1, 0.15) is 12.7 Å². The first-order chi connectivity index (χ1) is 9.63. The Bertz CT molecular complexity index is 533. The van der Waals surface area contributed by atoms with Crippen LogP contribution in [0.2, 0.25) is 0 Å². The summed E-state index contributed by atoms with van der Waals surface area (Å²) in [6.07, 6.45) is 4.27. The van der Waals surface area contributed by atoms with E-state index < -0.39 is 0 Å². The van der Waals surface area contributed by atoms with Gasteiger partial charge < -0.3 is 9.84 Å². The molecule has 0 radical (unpaired) electrons. The Labute approximate surface area is 117 Å². The van der Waals surface area contributed by atoms with Gasteiger partial charge in [-0.05, 0) is 12.3 Å². The zero-order chi connectivity index (χ0) is 14.4. The van der Waals surface area contributed by atoms with Crippen LogP contribution in [-0.4, -0.2) is 25.8 Å². The fraction of sp³-hybridized carbons (Fsp3) is 0.538. The van der Waals surface area contributed by atoms with Gasteiger partial charge in [0, 0.05) is 12.5 Å². The van der Waals surface area contributed by atoms with Crippen molar-refractivity contribution in [1.29, 1.82) is 0 Å². The molecule has 108 valence electrons. The van der Waals surface area contributed by atoms with E-state index in [4.69, 9.17) is 4.52 Å². The van der Waals surface area contributed by atoms with Crippen LogP contribution >= 0.6 is 0 Å². The first-order valence-electron chi connectivity index (χ1n) is 6.67. The van der Waals surface area contributed by atoms with E-state index in [0.29, 0.717) is 31.2 Å². The van der Waals surface area contributed by atoms with E-state index in [-0.39, 0.29) is 5.91 Å². The number of aryl methyl sites for hydroxylation is 1. The predicted molar refractivity (Wildman–Crippen MR) is 71.5 cm³/mol. The molecule has 0 spiro atoms. The summed E-state index contributed by atoms with van der Waals surface area (Å²) in [5.74, 6) is 1.15. The Morgan fingerprint density at radius 2 is 2.35 bits per heavy atom. The number of hydrogen-bond donors (Lipinski definition) is 1. The molecule has 7 heteroatoms. The molecule has 0 saturated heterocycles. The predicted octanol–water partition coefficient (Wildman–Crippen LogP) is 1.17. The molecular formula is C13H19N5O2. The summed E-state index contributed by atoms with van der Waals surface area (Å²) in [6.45, 7) is 5.13. The zero-order valence-corrected chi connectivity index (χ0v) is 11.7. The number of amides is 1. The molecule has 0 aliphatic rings. The molecule has 0 aliphatic heterocycles. The molecule has 0 aliphatic carbocycles. The number of nitrogens with one attached hydrogen (secondary N) is 1. The van der Waals surface area contributed by atoms with Gasteiger partial charge in [-0.15, -0.1) is 0 Å². The van der Waals surface area contributed by atoms with Gasteiger partial charge in [-0.1, -0.05) is 19.0 Å². The quantitative estimate of drug-likeness (QED) is 0.821. The number of carbonyl (C=O) groups is 1. The lowest BCUT2D eigenvalue weighted by molar-refractivity contribution is -0.121. The van der Waals surface area contributed by atoms with Crippen LogP contribution in [0.25, 0.3) is 0 Å². The monoisotopic (exact) mass is 277 g/mol. The molecule has 7 nitrogen and oxygen atoms in total. The number of nitrogens with zero attached hydrogens (tertiary/aromatic N) is 4. The van der Waals surface area contributed by atoms with Crippen LogP contribution in [0.3, 0.4) is 0 Å². The van der Waals surface area contributed by atoms with Crippen LogP contribution in [-0.2, 0) is 24.3 Å². The molecule has 0 unspecified atom stereocenters. The van der Waals surface area contributed by atoms with Crippen molar-refractivity contribution in [2.75, 3.05) is 0 Å². The van der Waals surface area contributed by atoms with E-state index in [1.54, 1.807) is 11.0 Å². The summed E-state index contributed by atoms with van der Waals surface area (Å²) >= 11 is 0. The Balaban J connectivity index is 1.71. The third-order valence-corrected chi connectivity index (χ3v) is 2.72. The Hall–Kier alpha value is -2.18. The van der Waals surface area contributed by atoms with Gasteiger partial charge in [0.05, 0.1) is 18.8 Å². The smallest absolute Gasteiger partial charge is 0.222 e. The second kappa shape index (κ2) is 6.83. The molecule has 1 N–H and O–H groups in total. The summed E-state index contributed by atoms with van der Waals surface area (Å²) in [5.41, 5.74) is 0.923. The molecule has 20 heavy (non-hydrogen) atoms. The summed E-state index contributed by atoms with van der Waals surface area (Å²) in [4.78, 5) is 15.5. The first kappa shape index (κ1) is 14.2. The summed E-state index contributed by atoms with van der Waals surface area (Å²) in [6, 6.07) is 1.89. The van der Waals surface area contributed by atoms with Crippen LogP contribution in [0.5, 0.6) is 0 Å². The lowest BCUT2D eigenvalue weighted by Gasteiger charge is -2.02. The summed E-state index contributed by atoms with van der Waals surface area (Å²) < 4.78 is 6.79. The fourth-order valence-electron chi connectivity index (χ4n) is 1.79. The molecule has 1 amide bonds. The number of aromatic nitrogens is 4. The molecule has 0 bridgehead atoms. The Morgan fingerprint density at radius 1 is 1.50 bits per heavy atom. The third kappa shape index (κ3) is 4.49. The Kier molecular flexibility index (Phi) is 4.86. The lowest BCUT2D eigenvalue weighted by atomic mass is 10.1.